The number of anilines is 1. The third-order valence-corrected chi connectivity index (χ3v) is 4.01. The molecule has 5 heteroatoms. The standard InChI is InChI=1S/C14H17IN4/c1-4-11-12(15)14(17-5-2)19-13(18-11)10-8-16-7-6-9(10)3/h6-8H,4-5H2,1-3H3,(H,17,18,19). The monoisotopic (exact) mass is 368 g/mol. The van der Waals surface area contributed by atoms with E-state index >= 15 is 0 Å². The molecule has 4 nitrogen and oxygen atoms in total. The van der Waals surface area contributed by atoms with E-state index in [2.05, 4.69) is 63.6 Å². The number of rotatable bonds is 4. The number of aryl methyl sites for hydroxylation is 2. The van der Waals surface area contributed by atoms with E-state index in [1.165, 1.54) is 0 Å². The molecule has 0 unspecified atom stereocenters. The van der Waals surface area contributed by atoms with Gasteiger partial charge in [-0.1, -0.05) is 6.92 Å². The summed E-state index contributed by atoms with van der Waals surface area (Å²) in [4.78, 5) is 13.5. The van der Waals surface area contributed by atoms with Crippen molar-refractivity contribution in [3.63, 3.8) is 0 Å². The predicted molar refractivity (Wildman–Crippen MR) is 86.3 cm³/mol. The Hall–Kier alpha value is -1.24. The molecule has 0 bridgehead atoms. The molecule has 1 N–H and O–H groups in total. The molecular formula is C14H17IN4. The normalized spacial score (nSPS) is 10.5. The first-order valence-electron chi connectivity index (χ1n) is 6.38. The molecule has 0 aliphatic heterocycles. The summed E-state index contributed by atoms with van der Waals surface area (Å²) < 4.78 is 1.10. The zero-order valence-corrected chi connectivity index (χ0v) is 13.5. The van der Waals surface area contributed by atoms with Crippen LogP contribution in [0.3, 0.4) is 0 Å². The second-order valence-corrected chi connectivity index (χ2v) is 5.31. The Balaban J connectivity index is 2.58. The Bertz CT molecular complexity index is 584. The highest BCUT2D eigenvalue weighted by molar-refractivity contribution is 14.1. The van der Waals surface area contributed by atoms with Crippen LogP contribution in [0.15, 0.2) is 18.5 Å². The van der Waals surface area contributed by atoms with Gasteiger partial charge in [-0.05, 0) is 54.5 Å². The predicted octanol–water partition coefficient (Wildman–Crippen LogP) is 3.45. The number of aromatic nitrogens is 3. The van der Waals surface area contributed by atoms with Crippen LogP contribution in [-0.2, 0) is 6.42 Å². The van der Waals surface area contributed by atoms with Crippen LogP contribution in [0, 0.1) is 10.5 Å². The molecular weight excluding hydrogens is 351 g/mol. The van der Waals surface area contributed by atoms with Crippen molar-refractivity contribution in [1.82, 2.24) is 15.0 Å². The minimum absolute atomic E-state index is 0.749. The summed E-state index contributed by atoms with van der Waals surface area (Å²) in [6, 6.07) is 1.98. The molecule has 0 aliphatic carbocycles. The lowest BCUT2D eigenvalue weighted by atomic mass is 10.1. The SMILES string of the molecule is CCNc1nc(-c2cnccc2C)nc(CC)c1I. The number of nitrogens with zero attached hydrogens (tertiary/aromatic N) is 3. The first-order valence-corrected chi connectivity index (χ1v) is 7.46. The molecule has 100 valence electrons. The number of hydrogen-bond donors (Lipinski definition) is 1. The highest BCUT2D eigenvalue weighted by Gasteiger charge is 2.13. The maximum atomic E-state index is 4.67. The molecule has 0 aliphatic rings. The van der Waals surface area contributed by atoms with E-state index in [9.17, 15) is 0 Å². The van der Waals surface area contributed by atoms with Gasteiger partial charge in [-0.3, -0.25) is 4.98 Å². The smallest absolute Gasteiger partial charge is 0.163 e. The Labute approximate surface area is 127 Å². The Kier molecular flexibility index (Phi) is 4.68. The first-order chi connectivity index (χ1) is 9.17. The summed E-state index contributed by atoms with van der Waals surface area (Å²) in [5.41, 5.74) is 3.21. The molecule has 2 aromatic heterocycles. The fourth-order valence-corrected chi connectivity index (χ4v) is 2.64. The van der Waals surface area contributed by atoms with Crippen molar-refractivity contribution in [3.05, 3.63) is 33.3 Å². The summed E-state index contributed by atoms with van der Waals surface area (Å²) in [6.45, 7) is 7.08. The Morgan fingerprint density at radius 1 is 1.26 bits per heavy atom. The second kappa shape index (κ2) is 6.27. The number of hydrogen-bond acceptors (Lipinski definition) is 4. The fourth-order valence-electron chi connectivity index (χ4n) is 1.83. The van der Waals surface area contributed by atoms with Gasteiger partial charge in [0.15, 0.2) is 5.82 Å². The van der Waals surface area contributed by atoms with E-state index in [0.29, 0.717) is 0 Å². The molecule has 2 rings (SSSR count). The van der Waals surface area contributed by atoms with Crippen LogP contribution >= 0.6 is 22.6 Å². The van der Waals surface area contributed by atoms with Crippen LogP contribution in [0.1, 0.15) is 25.1 Å². The highest BCUT2D eigenvalue weighted by atomic mass is 127. The van der Waals surface area contributed by atoms with Gasteiger partial charge in [-0.2, -0.15) is 0 Å². The number of nitrogens with one attached hydrogen (secondary N) is 1. The van der Waals surface area contributed by atoms with Crippen LogP contribution < -0.4 is 5.32 Å². The van der Waals surface area contributed by atoms with E-state index in [0.717, 1.165) is 45.0 Å². The molecule has 0 radical (unpaired) electrons. The van der Waals surface area contributed by atoms with Crippen molar-refractivity contribution in [1.29, 1.82) is 0 Å². The third-order valence-electron chi connectivity index (χ3n) is 2.88. The molecule has 19 heavy (non-hydrogen) atoms. The average molecular weight is 368 g/mol. The van der Waals surface area contributed by atoms with Gasteiger partial charge in [0.1, 0.15) is 5.82 Å². The van der Waals surface area contributed by atoms with E-state index in [1.54, 1.807) is 6.20 Å². The van der Waals surface area contributed by atoms with Crippen molar-refractivity contribution < 1.29 is 0 Å². The van der Waals surface area contributed by atoms with E-state index in [-0.39, 0.29) is 0 Å². The molecule has 0 fully saturated rings. The van der Waals surface area contributed by atoms with Crippen molar-refractivity contribution in [2.45, 2.75) is 27.2 Å². The van der Waals surface area contributed by atoms with Gasteiger partial charge in [0.25, 0.3) is 0 Å². The summed E-state index contributed by atoms with van der Waals surface area (Å²) in [7, 11) is 0. The maximum Gasteiger partial charge on any atom is 0.163 e. The second-order valence-electron chi connectivity index (χ2n) is 4.23. The van der Waals surface area contributed by atoms with Gasteiger partial charge in [0, 0.05) is 24.5 Å². The zero-order valence-electron chi connectivity index (χ0n) is 11.4. The fraction of sp³-hybridized carbons (Fsp3) is 0.357. The van der Waals surface area contributed by atoms with Gasteiger partial charge < -0.3 is 5.32 Å². The summed E-state index contributed by atoms with van der Waals surface area (Å²) in [6.07, 6.45) is 4.51. The molecule has 2 heterocycles. The molecule has 0 saturated carbocycles. The largest absolute Gasteiger partial charge is 0.369 e. The van der Waals surface area contributed by atoms with Gasteiger partial charge >= 0.3 is 0 Å². The van der Waals surface area contributed by atoms with E-state index < -0.39 is 0 Å². The van der Waals surface area contributed by atoms with Crippen molar-refractivity contribution in [3.8, 4) is 11.4 Å². The van der Waals surface area contributed by atoms with E-state index in [1.807, 2.05) is 12.3 Å². The zero-order chi connectivity index (χ0) is 13.8. The molecule has 0 aromatic carbocycles. The topological polar surface area (TPSA) is 50.7 Å². The summed E-state index contributed by atoms with van der Waals surface area (Å²) in [5, 5.41) is 3.30. The van der Waals surface area contributed by atoms with Gasteiger partial charge in [0.2, 0.25) is 0 Å². The van der Waals surface area contributed by atoms with Crippen LogP contribution in [0.25, 0.3) is 11.4 Å². The quantitative estimate of drug-likeness (QED) is 0.840. The Morgan fingerprint density at radius 2 is 2.05 bits per heavy atom. The maximum absolute atomic E-state index is 4.67. The van der Waals surface area contributed by atoms with Crippen LogP contribution in [-0.4, -0.2) is 21.5 Å². The molecule has 0 amide bonds. The summed E-state index contributed by atoms with van der Waals surface area (Å²) >= 11 is 2.31. The minimum Gasteiger partial charge on any atom is -0.369 e. The minimum atomic E-state index is 0.749. The molecule has 0 spiro atoms. The van der Waals surface area contributed by atoms with Crippen molar-refractivity contribution >= 4 is 28.4 Å². The molecule has 0 saturated heterocycles. The van der Waals surface area contributed by atoms with Gasteiger partial charge in [-0.25, -0.2) is 9.97 Å². The van der Waals surface area contributed by atoms with Crippen LogP contribution in [0.5, 0.6) is 0 Å². The van der Waals surface area contributed by atoms with Crippen molar-refractivity contribution in [2.75, 3.05) is 11.9 Å². The lowest BCUT2D eigenvalue weighted by Gasteiger charge is -2.12. The lowest BCUT2D eigenvalue weighted by molar-refractivity contribution is 0.979. The van der Waals surface area contributed by atoms with Gasteiger partial charge in [0.05, 0.1) is 9.26 Å². The van der Waals surface area contributed by atoms with Crippen molar-refractivity contribution in [2.24, 2.45) is 0 Å². The van der Waals surface area contributed by atoms with Crippen LogP contribution in [0.4, 0.5) is 5.82 Å². The Morgan fingerprint density at radius 3 is 2.68 bits per heavy atom. The average Bonchev–Trinajstić information content (AvgIpc) is 2.42. The van der Waals surface area contributed by atoms with Gasteiger partial charge in [-0.15, -0.1) is 0 Å². The number of halogens is 1. The lowest BCUT2D eigenvalue weighted by Crippen LogP contribution is -2.08. The molecule has 0 atom stereocenters. The number of pyridine rings is 1. The first kappa shape index (κ1) is 14.2. The third kappa shape index (κ3) is 3.02. The van der Waals surface area contributed by atoms with Crippen LogP contribution in [0.2, 0.25) is 0 Å². The highest BCUT2D eigenvalue weighted by Crippen LogP contribution is 2.25. The van der Waals surface area contributed by atoms with E-state index in [4.69, 9.17) is 0 Å². The molecule has 2 aromatic rings. The summed E-state index contributed by atoms with van der Waals surface area (Å²) in [5.74, 6) is 1.66.